The first-order chi connectivity index (χ1) is 13.4. The lowest BCUT2D eigenvalue weighted by atomic mass is 10.1. The molecule has 0 saturated carbocycles. The van der Waals surface area contributed by atoms with Crippen LogP contribution in [0.15, 0.2) is 18.2 Å². The number of anilines is 1. The number of aryl methyl sites for hydroxylation is 1. The summed E-state index contributed by atoms with van der Waals surface area (Å²) in [6.07, 6.45) is 0. The fourth-order valence-corrected chi connectivity index (χ4v) is 5.12. The van der Waals surface area contributed by atoms with Gasteiger partial charge in [0.1, 0.15) is 10.8 Å². The average Bonchev–Trinajstić information content (AvgIpc) is 3.14. The smallest absolute Gasteiger partial charge is 0.341 e. The Morgan fingerprint density at radius 1 is 1.21 bits per heavy atom. The Morgan fingerprint density at radius 3 is 2.64 bits per heavy atom. The van der Waals surface area contributed by atoms with E-state index in [1.54, 1.807) is 19.1 Å². The monoisotopic (exact) mass is 421 g/mol. The SMILES string of the molecule is CCOC(=O)c1c(NC(=O)c2sc3cccc(F)c3c2COC)sc(C)c1C. The molecule has 1 amide bonds. The van der Waals surface area contributed by atoms with E-state index in [1.807, 2.05) is 13.8 Å². The number of benzene rings is 1. The summed E-state index contributed by atoms with van der Waals surface area (Å²) in [6, 6.07) is 4.74. The number of esters is 1. The van der Waals surface area contributed by atoms with Crippen LogP contribution in [0.1, 0.15) is 43.0 Å². The molecule has 2 aromatic heterocycles. The number of fused-ring (bicyclic) bond motifs is 1. The van der Waals surface area contributed by atoms with Gasteiger partial charge >= 0.3 is 5.97 Å². The van der Waals surface area contributed by atoms with Crippen molar-refractivity contribution in [3.05, 3.63) is 50.5 Å². The van der Waals surface area contributed by atoms with Crippen molar-refractivity contribution in [2.24, 2.45) is 0 Å². The molecule has 148 valence electrons. The lowest BCUT2D eigenvalue weighted by Crippen LogP contribution is -2.15. The Labute approximate surface area is 170 Å². The van der Waals surface area contributed by atoms with Crippen molar-refractivity contribution in [2.75, 3.05) is 19.0 Å². The normalized spacial score (nSPS) is 11.0. The highest BCUT2D eigenvalue weighted by Crippen LogP contribution is 2.37. The first-order valence-corrected chi connectivity index (χ1v) is 10.3. The molecule has 1 aromatic carbocycles. The van der Waals surface area contributed by atoms with E-state index in [9.17, 15) is 14.0 Å². The summed E-state index contributed by atoms with van der Waals surface area (Å²) in [5, 5.41) is 3.64. The quantitative estimate of drug-likeness (QED) is 0.549. The van der Waals surface area contributed by atoms with Gasteiger partial charge in [-0.15, -0.1) is 22.7 Å². The van der Waals surface area contributed by atoms with Crippen LogP contribution < -0.4 is 5.32 Å². The summed E-state index contributed by atoms with van der Waals surface area (Å²) in [6.45, 7) is 5.78. The molecule has 0 aliphatic carbocycles. The third kappa shape index (κ3) is 3.67. The van der Waals surface area contributed by atoms with Crippen LogP contribution in [0.5, 0.6) is 0 Å². The highest BCUT2D eigenvalue weighted by molar-refractivity contribution is 7.21. The van der Waals surface area contributed by atoms with Crippen molar-refractivity contribution in [2.45, 2.75) is 27.4 Å². The average molecular weight is 422 g/mol. The zero-order valence-corrected chi connectivity index (χ0v) is 17.6. The molecular formula is C20H20FNO4S2. The zero-order chi connectivity index (χ0) is 20.4. The van der Waals surface area contributed by atoms with Gasteiger partial charge in [0.15, 0.2) is 0 Å². The van der Waals surface area contributed by atoms with Crippen molar-refractivity contribution >= 4 is 49.6 Å². The third-order valence-corrected chi connectivity index (χ3v) is 6.67. The molecule has 28 heavy (non-hydrogen) atoms. The molecule has 3 rings (SSSR count). The van der Waals surface area contributed by atoms with Gasteiger partial charge in [-0.3, -0.25) is 4.79 Å². The second-order valence-corrected chi connectivity index (χ2v) is 8.39. The predicted octanol–water partition coefficient (Wildman–Crippen LogP) is 5.29. The van der Waals surface area contributed by atoms with Gasteiger partial charge in [-0.25, -0.2) is 9.18 Å². The minimum Gasteiger partial charge on any atom is -0.462 e. The van der Waals surface area contributed by atoms with Crippen LogP contribution in [0.25, 0.3) is 10.1 Å². The van der Waals surface area contributed by atoms with E-state index in [0.717, 1.165) is 10.4 Å². The number of carbonyl (C=O) groups excluding carboxylic acids is 2. The molecule has 0 radical (unpaired) electrons. The van der Waals surface area contributed by atoms with Gasteiger partial charge in [0.05, 0.1) is 23.7 Å². The molecule has 3 aromatic rings. The second-order valence-electron chi connectivity index (χ2n) is 6.12. The number of hydrogen-bond donors (Lipinski definition) is 1. The van der Waals surface area contributed by atoms with Gasteiger partial charge in [-0.1, -0.05) is 6.07 Å². The lowest BCUT2D eigenvalue weighted by molar-refractivity contribution is 0.0527. The highest BCUT2D eigenvalue weighted by atomic mass is 32.1. The molecule has 0 saturated heterocycles. The molecule has 1 N–H and O–H groups in total. The minimum absolute atomic E-state index is 0.108. The fraction of sp³-hybridized carbons (Fsp3) is 0.300. The molecule has 0 aliphatic heterocycles. The number of hydrogen-bond acceptors (Lipinski definition) is 6. The summed E-state index contributed by atoms with van der Waals surface area (Å²) in [5.74, 6) is -1.27. The van der Waals surface area contributed by atoms with E-state index in [1.165, 1.54) is 35.8 Å². The fourth-order valence-electron chi connectivity index (χ4n) is 2.96. The number of carbonyl (C=O) groups is 2. The van der Waals surface area contributed by atoms with Crippen LogP contribution in [-0.4, -0.2) is 25.6 Å². The van der Waals surface area contributed by atoms with Crippen molar-refractivity contribution in [3.63, 3.8) is 0 Å². The maximum atomic E-state index is 14.3. The number of amides is 1. The number of rotatable bonds is 6. The minimum atomic E-state index is -0.473. The largest absolute Gasteiger partial charge is 0.462 e. The van der Waals surface area contributed by atoms with Gasteiger partial charge in [0, 0.05) is 27.6 Å². The molecule has 0 fully saturated rings. The summed E-state index contributed by atoms with van der Waals surface area (Å²) >= 11 is 2.51. The van der Waals surface area contributed by atoms with Crippen LogP contribution in [0.4, 0.5) is 9.39 Å². The first-order valence-electron chi connectivity index (χ1n) is 8.66. The Hall–Kier alpha value is -2.29. The highest BCUT2D eigenvalue weighted by Gasteiger charge is 2.25. The summed E-state index contributed by atoms with van der Waals surface area (Å²) in [4.78, 5) is 26.6. The summed E-state index contributed by atoms with van der Waals surface area (Å²) in [7, 11) is 1.50. The standard InChI is InChI=1S/C20H20FNO4S2/c1-5-26-20(24)15-10(2)11(3)27-19(15)22-18(23)17-12(9-25-4)16-13(21)7-6-8-14(16)28-17/h6-8H,5,9H2,1-4H3,(H,22,23). The van der Waals surface area contributed by atoms with Gasteiger partial charge < -0.3 is 14.8 Å². The summed E-state index contributed by atoms with van der Waals surface area (Å²) < 4.78 is 25.3. The number of halogens is 1. The lowest BCUT2D eigenvalue weighted by Gasteiger charge is -2.08. The topological polar surface area (TPSA) is 64.6 Å². The van der Waals surface area contributed by atoms with Crippen LogP contribution in [0, 0.1) is 19.7 Å². The van der Waals surface area contributed by atoms with Crippen LogP contribution in [0.3, 0.4) is 0 Å². The molecule has 0 bridgehead atoms. The molecule has 0 atom stereocenters. The molecule has 0 spiro atoms. The number of ether oxygens (including phenoxy) is 2. The third-order valence-electron chi connectivity index (χ3n) is 4.35. The Morgan fingerprint density at radius 2 is 1.96 bits per heavy atom. The van der Waals surface area contributed by atoms with Crippen molar-refractivity contribution in [1.29, 1.82) is 0 Å². The van der Waals surface area contributed by atoms with E-state index in [2.05, 4.69) is 5.32 Å². The Balaban J connectivity index is 2.03. The first kappa shape index (κ1) is 20.4. The van der Waals surface area contributed by atoms with Crippen molar-refractivity contribution in [1.82, 2.24) is 0 Å². The van der Waals surface area contributed by atoms with Crippen molar-refractivity contribution < 1.29 is 23.5 Å². The van der Waals surface area contributed by atoms with E-state index < -0.39 is 17.7 Å². The van der Waals surface area contributed by atoms with Crippen LogP contribution in [-0.2, 0) is 16.1 Å². The Bertz CT molecular complexity index is 1050. The maximum absolute atomic E-state index is 14.3. The van der Waals surface area contributed by atoms with Gasteiger partial charge in [-0.05, 0) is 38.5 Å². The maximum Gasteiger partial charge on any atom is 0.341 e. The van der Waals surface area contributed by atoms with Crippen molar-refractivity contribution in [3.8, 4) is 0 Å². The van der Waals surface area contributed by atoms with E-state index in [4.69, 9.17) is 9.47 Å². The van der Waals surface area contributed by atoms with E-state index >= 15 is 0 Å². The Kier molecular flexibility index (Phi) is 6.12. The predicted molar refractivity (Wildman–Crippen MR) is 110 cm³/mol. The van der Waals surface area contributed by atoms with E-state index in [0.29, 0.717) is 31.1 Å². The number of thiophene rings is 2. The van der Waals surface area contributed by atoms with Crippen LogP contribution >= 0.6 is 22.7 Å². The summed E-state index contributed by atoms with van der Waals surface area (Å²) in [5.41, 5.74) is 1.64. The molecule has 5 nitrogen and oxygen atoms in total. The van der Waals surface area contributed by atoms with Crippen LogP contribution in [0.2, 0.25) is 0 Å². The number of methoxy groups -OCH3 is 1. The van der Waals surface area contributed by atoms with E-state index in [-0.39, 0.29) is 13.2 Å². The van der Waals surface area contributed by atoms with Gasteiger partial charge in [0.2, 0.25) is 0 Å². The zero-order valence-electron chi connectivity index (χ0n) is 16.0. The molecular weight excluding hydrogens is 401 g/mol. The molecule has 8 heteroatoms. The van der Waals surface area contributed by atoms with Gasteiger partial charge in [-0.2, -0.15) is 0 Å². The molecule has 2 heterocycles. The number of nitrogens with one attached hydrogen (secondary N) is 1. The second kappa shape index (κ2) is 8.38. The molecule has 0 aliphatic rings. The molecule has 0 unspecified atom stereocenters. The van der Waals surface area contributed by atoms with Gasteiger partial charge in [0.25, 0.3) is 5.91 Å².